The van der Waals surface area contributed by atoms with Crippen LogP contribution in [0, 0.1) is 17.3 Å². The Labute approximate surface area is 134 Å². The highest BCUT2D eigenvalue weighted by Gasteiger charge is 2.58. The highest BCUT2D eigenvalue weighted by atomic mass is 35.5. The highest BCUT2D eigenvalue weighted by Crippen LogP contribution is 2.59. The van der Waals surface area contributed by atoms with Crippen LogP contribution >= 0.6 is 12.4 Å². The summed E-state index contributed by atoms with van der Waals surface area (Å²) in [6.07, 6.45) is 5.88. The van der Waals surface area contributed by atoms with Gasteiger partial charge in [0.05, 0.1) is 6.61 Å². The van der Waals surface area contributed by atoms with Crippen molar-refractivity contribution in [2.75, 3.05) is 39.4 Å². The van der Waals surface area contributed by atoms with E-state index < -0.39 is 0 Å². The zero-order valence-corrected chi connectivity index (χ0v) is 13.9. The van der Waals surface area contributed by atoms with E-state index in [0.717, 1.165) is 52.2 Å². The third-order valence-corrected chi connectivity index (χ3v) is 5.48. The van der Waals surface area contributed by atoms with E-state index in [0.29, 0.717) is 23.2 Å². The van der Waals surface area contributed by atoms with E-state index in [1.807, 2.05) is 6.92 Å². The van der Waals surface area contributed by atoms with Gasteiger partial charge >= 0.3 is 0 Å². The van der Waals surface area contributed by atoms with Crippen LogP contribution < -0.4 is 5.32 Å². The first-order chi connectivity index (χ1) is 9.75. The van der Waals surface area contributed by atoms with Crippen LogP contribution in [-0.4, -0.2) is 50.2 Å². The fourth-order valence-electron chi connectivity index (χ4n) is 4.08. The number of nitrogens with one attached hydrogen (secondary N) is 1. The Balaban J connectivity index is 0.00000161. The largest absolute Gasteiger partial charge is 0.381 e. The molecule has 1 N–H and O–H groups in total. The molecule has 3 rings (SSSR count). The Morgan fingerprint density at radius 1 is 1.38 bits per heavy atom. The normalized spacial score (nSPS) is 30.8. The molecule has 122 valence electrons. The van der Waals surface area contributed by atoms with Crippen molar-refractivity contribution < 1.29 is 9.53 Å². The predicted octanol–water partition coefficient (Wildman–Crippen LogP) is 2.07. The second-order valence-electron chi connectivity index (χ2n) is 6.82. The molecule has 0 aromatic carbocycles. The van der Waals surface area contributed by atoms with Gasteiger partial charge < -0.3 is 15.0 Å². The SMILES string of the molecule is CCOCC1CCCN(C(=O)C2CC23CCNCC3)C1.Cl. The quantitative estimate of drug-likeness (QED) is 0.863. The van der Waals surface area contributed by atoms with E-state index in [9.17, 15) is 4.79 Å². The van der Waals surface area contributed by atoms with Crippen LogP contribution in [0.3, 0.4) is 0 Å². The average Bonchev–Trinajstić information content (AvgIpc) is 3.18. The molecule has 0 bridgehead atoms. The van der Waals surface area contributed by atoms with E-state index in [-0.39, 0.29) is 12.4 Å². The molecule has 4 nitrogen and oxygen atoms in total. The predicted molar refractivity (Wildman–Crippen MR) is 85.7 cm³/mol. The molecule has 2 unspecified atom stereocenters. The van der Waals surface area contributed by atoms with Crippen molar-refractivity contribution >= 4 is 18.3 Å². The van der Waals surface area contributed by atoms with E-state index in [1.54, 1.807) is 0 Å². The van der Waals surface area contributed by atoms with E-state index >= 15 is 0 Å². The number of piperidine rings is 2. The summed E-state index contributed by atoms with van der Waals surface area (Å²) in [5, 5.41) is 3.41. The number of carbonyl (C=O) groups excluding carboxylic acids is 1. The maximum atomic E-state index is 12.7. The van der Waals surface area contributed by atoms with Gasteiger partial charge in [-0.2, -0.15) is 0 Å². The fraction of sp³-hybridized carbons (Fsp3) is 0.938. The molecule has 21 heavy (non-hydrogen) atoms. The van der Waals surface area contributed by atoms with Gasteiger partial charge in [0.1, 0.15) is 0 Å². The number of hydrogen-bond acceptors (Lipinski definition) is 3. The first kappa shape index (κ1) is 17.0. The summed E-state index contributed by atoms with van der Waals surface area (Å²) in [6.45, 7) is 7.71. The third kappa shape index (κ3) is 3.72. The van der Waals surface area contributed by atoms with Crippen LogP contribution in [0.1, 0.15) is 39.0 Å². The number of ether oxygens (including phenoxy) is 1. The van der Waals surface area contributed by atoms with Crippen molar-refractivity contribution in [2.24, 2.45) is 17.3 Å². The molecule has 0 aromatic rings. The molecule has 2 aliphatic heterocycles. The second kappa shape index (κ2) is 7.30. The monoisotopic (exact) mass is 316 g/mol. The Hall–Kier alpha value is -0.320. The van der Waals surface area contributed by atoms with Gasteiger partial charge in [-0.1, -0.05) is 0 Å². The number of amides is 1. The third-order valence-electron chi connectivity index (χ3n) is 5.48. The van der Waals surface area contributed by atoms with Crippen LogP contribution in [0.5, 0.6) is 0 Å². The lowest BCUT2D eigenvalue weighted by atomic mass is 9.91. The van der Waals surface area contributed by atoms with Crippen LogP contribution in [0.2, 0.25) is 0 Å². The van der Waals surface area contributed by atoms with Crippen molar-refractivity contribution in [1.82, 2.24) is 10.2 Å². The molecule has 0 radical (unpaired) electrons. The zero-order chi connectivity index (χ0) is 14.0. The summed E-state index contributed by atoms with van der Waals surface area (Å²) in [4.78, 5) is 14.9. The summed E-state index contributed by atoms with van der Waals surface area (Å²) < 4.78 is 5.54. The van der Waals surface area contributed by atoms with Crippen molar-refractivity contribution in [3.63, 3.8) is 0 Å². The molecule has 1 aliphatic carbocycles. The van der Waals surface area contributed by atoms with Gasteiger partial charge in [0.2, 0.25) is 5.91 Å². The number of hydrogen-bond donors (Lipinski definition) is 1. The summed E-state index contributed by atoms with van der Waals surface area (Å²) in [6, 6.07) is 0. The Bertz CT molecular complexity index is 358. The molecule has 2 heterocycles. The minimum atomic E-state index is 0. The van der Waals surface area contributed by atoms with E-state index in [1.165, 1.54) is 19.3 Å². The van der Waals surface area contributed by atoms with Crippen molar-refractivity contribution in [3.8, 4) is 0 Å². The standard InChI is InChI=1S/C16H28N2O2.ClH/c1-2-20-12-13-4-3-9-18(11-13)15(19)14-10-16(14)5-7-17-8-6-16;/h13-14,17H,2-12H2,1H3;1H. The molecule has 1 amide bonds. The Morgan fingerprint density at radius 2 is 2.14 bits per heavy atom. The van der Waals surface area contributed by atoms with E-state index in [2.05, 4.69) is 10.2 Å². The van der Waals surface area contributed by atoms with Crippen LogP contribution in [0.4, 0.5) is 0 Å². The summed E-state index contributed by atoms with van der Waals surface area (Å²) >= 11 is 0. The molecule has 2 atom stereocenters. The lowest BCUT2D eigenvalue weighted by Crippen LogP contribution is -2.43. The maximum Gasteiger partial charge on any atom is 0.226 e. The second-order valence-corrected chi connectivity index (χ2v) is 6.82. The molecule has 3 fully saturated rings. The van der Waals surface area contributed by atoms with Gasteiger partial charge in [-0.25, -0.2) is 0 Å². The molecule has 3 aliphatic rings. The van der Waals surface area contributed by atoms with E-state index in [4.69, 9.17) is 4.74 Å². The minimum absolute atomic E-state index is 0. The van der Waals surface area contributed by atoms with Gasteiger partial charge in [-0.05, 0) is 63.5 Å². The summed E-state index contributed by atoms with van der Waals surface area (Å²) in [5.41, 5.74) is 0.370. The smallest absolute Gasteiger partial charge is 0.226 e. The molecular formula is C16H29ClN2O2. The highest BCUT2D eigenvalue weighted by molar-refractivity contribution is 5.85. The van der Waals surface area contributed by atoms with Crippen molar-refractivity contribution in [2.45, 2.75) is 39.0 Å². The summed E-state index contributed by atoms with van der Waals surface area (Å²) in [7, 11) is 0. The number of halogens is 1. The molecule has 0 aromatic heterocycles. The Kier molecular flexibility index (Phi) is 5.92. The molecule has 2 saturated heterocycles. The molecule has 5 heteroatoms. The number of rotatable bonds is 4. The van der Waals surface area contributed by atoms with Gasteiger partial charge in [0.15, 0.2) is 0 Å². The fourth-order valence-corrected chi connectivity index (χ4v) is 4.08. The van der Waals surface area contributed by atoms with Gasteiger partial charge in [0, 0.05) is 25.6 Å². The topological polar surface area (TPSA) is 41.6 Å². The maximum absolute atomic E-state index is 12.7. The number of nitrogens with zero attached hydrogens (tertiary/aromatic N) is 1. The summed E-state index contributed by atoms with van der Waals surface area (Å²) in [5.74, 6) is 1.32. The van der Waals surface area contributed by atoms with Gasteiger partial charge in [0.25, 0.3) is 0 Å². The Morgan fingerprint density at radius 3 is 2.86 bits per heavy atom. The van der Waals surface area contributed by atoms with Crippen molar-refractivity contribution in [1.29, 1.82) is 0 Å². The van der Waals surface area contributed by atoms with Crippen LogP contribution in [0.25, 0.3) is 0 Å². The molecular weight excluding hydrogens is 288 g/mol. The minimum Gasteiger partial charge on any atom is -0.381 e. The average molecular weight is 317 g/mol. The van der Waals surface area contributed by atoms with Crippen LogP contribution in [-0.2, 0) is 9.53 Å². The number of likely N-dealkylation sites (tertiary alicyclic amines) is 1. The lowest BCUT2D eigenvalue weighted by Gasteiger charge is -2.34. The number of carbonyl (C=O) groups is 1. The first-order valence-electron chi connectivity index (χ1n) is 8.32. The van der Waals surface area contributed by atoms with Gasteiger partial charge in [-0.3, -0.25) is 4.79 Å². The molecule has 1 saturated carbocycles. The molecule has 1 spiro atoms. The van der Waals surface area contributed by atoms with Crippen LogP contribution in [0.15, 0.2) is 0 Å². The first-order valence-corrected chi connectivity index (χ1v) is 8.32. The van der Waals surface area contributed by atoms with Crippen molar-refractivity contribution in [3.05, 3.63) is 0 Å². The zero-order valence-electron chi connectivity index (χ0n) is 13.1. The van der Waals surface area contributed by atoms with Gasteiger partial charge in [-0.15, -0.1) is 12.4 Å². The lowest BCUT2D eigenvalue weighted by molar-refractivity contribution is -0.136.